The standard InChI is InChI=1S/C18H32N2O3/c21-17(20-10-3-1-2-4-11-20)16-6-5-9-19(14-16)15-18(22)7-12-23-13-8-18/h16,22H,1-15H2. The van der Waals surface area contributed by atoms with E-state index in [9.17, 15) is 9.90 Å². The third-order valence-corrected chi connectivity index (χ3v) is 5.71. The Kier molecular flexibility index (Phi) is 5.94. The van der Waals surface area contributed by atoms with Crippen molar-refractivity contribution in [3.63, 3.8) is 0 Å². The van der Waals surface area contributed by atoms with Crippen LogP contribution < -0.4 is 0 Å². The van der Waals surface area contributed by atoms with Crippen molar-refractivity contribution in [2.75, 3.05) is 45.9 Å². The molecule has 0 aromatic heterocycles. The lowest BCUT2D eigenvalue weighted by Gasteiger charge is -2.40. The molecule has 3 saturated heterocycles. The van der Waals surface area contributed by atoms with Gasteiger partial charge in [0.2, 0.25) is 5.91 Å². The first-order chi connectivity index (χ1) is 11.2. The Bertz CT molecular complexity index is 388. The molecule has 0 aromatic rings. The number of β-amino-alcohol motifs (C(OH)–C–C–N with tert-alkyl or cyclic N) is 1. The second-order valence-electron chi connectivity index (χ2n) is 7.65. The Morgan fingerprint density at radius 2 is 1.74 bits per heavy atom. The number of likely N-dealkylation sites (tertiary alicyclic amines) is 2. The van der Waals surface area contributed by atoms with E-state index in [2.05, 4.69) is 9.80 Å². The molecule has 3 fully saturated rings. The Balaban J connectivity index is 1.53. The largest absolute Gasteiger partial charge is 0.388 e. The number of ether oxygens (including phenoxy) is 1. The topological polar surface area (TPSA) is 53.0 Å². The van der Waals surface area contributed by atoms with Gasteiger partial charge < -0.3 is 14.7 Å². The highest BCUT2D eigenvalue weighted by atomic mass is 16.5. The monoisotopic (exact) mass is 324 g/mol. The second kappa shape index (κ2) is 7.95. The number of carbonyl (C=O) groups excluding carboxylic acids is 1. The lowest BCUT2D eigenvalue weighted by atomic mass is 9.90. The maximum Gasteiger partial charge on any atom is 0.226 e. The van der Waals surface area contributed by atoms with E-state index in [1.807, 2.05) is 0 Å². The molecule has 1 N–H and O–H groups in total. The molecule has 0 spiro atoms. The van der Waals surface area contributed by atoms with Crippen LogP contribution in [-0.4, -0.2) is 72.4 Å². The van der Waals surface area contributed by atoms with Crippen molar-refractivity contribution in [1.82, 2.24) is 9.80 Å². The minimum atomic E-state index is -0.619. The van der Waals surface area contributed by atoms with Crippen molar-refractivity contribution in [2.24, 2.45) is 5.92 Å². The zero-order chi connectivity index (χ0) is 16.1. The number of amides is 1. The number of carbonyl (C=O) groups is 1. The number of piperidine rings is 1. The second-order valence-corrected chi connectivity index (χ2v) is 7.65. The summed E-state index contributed by atoms with van der Waals surface area (Å²) in [5, 5.41) is 10.7. The van der Waals surface area contributed by atoms with Crippen molar-refractivity contribution >= 4 is 5.91 Å². The van der Waals surface area contributed by atoms with Crippen LogP contribution in [-0.2, 0) is 9.53 Å². The van der Waals surface area contributed by atoms with E-state index >= 15 is 0 Å². The Hall–Kier alpha value is -0.650. The fourth-order valence-corrected chi connectivity index (χ4v) is 4.28. The molecule has 1 atom stereocenters. The maximum absolute atomic E-state index is 12.8. The molecule has 0 radical (unpaired) electrons. The van der Waals surface area contributed by atoms with Crippen LogP contribution in [0.5, 0.6) is 0 Å². The van der Waals surface area contributed by atoms with Gasteiger partial charge in [0.15, 0.2) is 0 Å². The number of rotatable bonds is 3. The van der Waals surface area contributed by atoms with Crippen LogP contribution in [0.3, 0.4) is 0 Å². The predicted octanol–water partition coefficient (Wildman–Crippen LogP) is 1.64. The molecule has 5 nitrogen and oxygen atoms in total. The van der Waals surface area contributed by atoms with E-state index in [-0.39, 0.29) is 5.92 Å². The zero-order valence-electron chi connectivity index (χ0n) is 14.3. The molecule has 3 heterocycles. The number of hydrogen-bond donors (Lipinski definition) is 1. The molecule has 3 aliphatic rings. The quantitative estimate of drug-likeness (QED) is 0.857. The Morgan fingerprint density at radius 1 is 1.04 bits per heavy atom. The first kappa shape index (κ1) is 17.2. The highest BCUT2D eigenvalue weighted by Crippen LogP contribution is 2.26. The van der Waals surface area contributed by atoms with Gasteiger partial charge >= 0.3 is 0 Å². The first-order valence-corrected chi connectivity index (χ1v) is 9.48. The third kappa shape index (κ3) is 4.68. The highest BCUT2D eigenvalue weighted by Gasteiger charge is 2.35. The van der Waals surface area contributed by atoms with E-state index in [1.54, 1.807) is 0 Å². The smallest absolute Gasteiger partial charge is 0.226 e. The lowest BCUT2D eigenvalue weighted by Crippen LogP contribution is -2.51. The van der Waals surface area contributed by atoms with Gasteiger partial charge in [-0.15, -0.1) is 0 Å². The summed E-state index contributed by atoms with van der Waals surface area (Å²) in [6.45, 7) is 5.71. The Morgan fingerprint density at radius 3 is 2.43 bits per heavy atom. The van der Waals surface area contributed by atoms with E-state index in [4.69, 9.17) is 4.74 Å². The van der Waals surface area contributed by atoms with Crippen molar-refractivity contribution in [3.8, 4) is 0 Å². The lowest BCUT2D eigenvalue weighted by molar-refractivity contribution is -0.138. The molecule has 5 heteroatoms. The van der Waals surface area contributed by atoms with Gasteiger partial charge in [0.25, 0.3) is 0 Å². The van der Waals surface area contributed by atoms with Gasteiger partial charge in [-0.05, 0) is 32.2 Å². The SMILES string of the molecule is O=C(C1CCCN(CC2(O)CCOCC2)C1)N1CCCCCC1. The summed E-state index contributed by atoms with van der Waals surface area (Å²) in [5.74, 6) is 0.487. The molecule has 1 amide bonds. The van der Waals surface area contributed by atoms with Gasteiger partial charge in [0.1, 0.15) is 0 Å². The first-order valence-electron chi connectivity index (χ1n) is 9.48. The van der Waals surface area contributed by atoms with Crippen LogP contribution in [0.4, 0.5) is 0 Å². The van der Waals surface area contributed by atoms with Gasteiger partial charge in [0, 0.05) is 52.2 Å². The van der Waals surface area contributed by atoms with Gasteiger partial charge in [0.05, 0.1) is 11.5 Å². The van der Waals surface area contributed by atoms with Crippen molar-refractivity contribution in [2.45, 2.75) is 57.0 Å². The summed E-state index contributed by atoms with van der Waals surface area (Å²) < 4.78 is 5.37. The van der Waals surface area contributed by atoms with E-state index in [1.165, 1.54) is 12.8 Å². The van der Waals surface area contributed by atoms with E-state index in [0.29, 0.717) is 38.5 Å². The molecule has 0 bridgehead atoms. The van der Waals surface area contributed by atoms with Crippen LogP contribution in [0.15, 0.2) is 0 Å². The van der Waals surface area contributed by atoms with Crippen molar-refractivity contribution < 1.29 is 14.6 Å². The van der Waals surface area contributed by atoms with Gasteiger partial charge in [-0.2, -0.15) is 0 Å². The third-order valence-electron chi connectivity index (χ3n) is 5.71. The van der Waals surface area contributed by atoms with Gasteiger partial charge in [-0.3, -0.25) is 9.69 Å². The summed E-state index contributed by atoms with van der Waals surface area (Å²) in [6.07, 6.45) is 8.34. The van der Waals surface area contributed by atoms with Crippen molar-refractivity contribution in [1.29, 1.82) is 0 Å². The van der Waals surface area contributed by atoms with Gasteiger partial charge in [-0.25, -0.2) is 0 Å². The fourth-order valence-electron chi connectivity index (χ4n) is 4.28. The molecule has 23 heavy (non-hydrogen) atoms. The molecule has 0 aliphatic carbocycles. The molecule has 3 aliphatic heterocycles. The molecular formula is C18H32N2O3. The molecule has 3 rings (SSSR count). The number of nitrogens with zero attached hydrogens (tertiary/aromatic N) is 2. The summed E-state index contributed by atoms with van der Waals surface area (Å²) in [6, 6.07) is 0. The van der Waals surface area contributed by atoms with Crippen LogP contribution in [0.25, 0.3) is 0 Å². The average Bonchev–Trinajstić information content (AvgIpc) is 2.84. The summed E-state index contributed by atoms with van der Waals surface area (Å²) in [4.78, 5) is 17.3. The molecule has 0 aromatic carbocycles. The highest BCUT2D eigenvalue weighted by molar-refractivity contribution is 5.79. The minimum Gasteiger partial charge on any atom is -0.388 e. The van der Waals surface area contributed by atoms with E-state index < -0.39 is 5.60 Å². The summed E-state index contributed by atoms with van der Waals surface area (Å²) in [5.41, 5.74) is -0.619. The van der Waals surface area contributed by atoms with Crippen LogP contribution in [0.1, 0.15) is 51.4 Å². The van der Waals surface area contributed by atoms with Crippen molar-refractivity contribution in [3.05, 3.63) is 0 Å². The molecule has 132 valence electrons. The van der Waals surface area contributed by atoms with Gasteiger partial charge in [-0.1, -0.05) is 12.8 Å². The fraction of sp³-hybridized carbons (Fsp3) is 0.944. The number of hydrogen-bond acceptors (Lipinski definition) is 4. The normalized spacial score (nSPS) is 30.0. The summed E-state index contributed by atoms with van der Waals surface area (Å²) in [7, 11) is 0. The molecule has 0 saturated carbocycles. The predicted molar refractivity (Wildman–Crippen MR) is 89.2 cm³/mol. The molecular weight excluding hydrogens is 292 g/mol. The van der Waals surface area contributed by atoms with Crippen LogP contribution in [0.2, 0.25) is 0 Å². The van der Waals surface area contributed by atoms with Crippen LogP contribution in [0, 0.1) is 5.92 Å². The minimum absolute atomic E-state index is 0.130. The number of aliphatic hydroxyl groups is 1. The zero-order valence-corrected chi connectivity index (χ0v) is 14.3. The molecule has 1 unspecified atom stereocenters. The van der Waals surface area contributed by atoms with E-state index in [0.717, 1.165) is 51.9 Å². The maximum atomic E-state index is 12.8. The Labute approximate surface area is 140 Å². The van der Waals surface area contributed by atoms with Crippen LogP contribution >= 0.6 is 0 Å². The summed E-state index contributed by atoms with van der Waals surface area (Å²) >= 11 is 0. The average molecular weight is 324 g/mol.